The Hall–Kier alpha value is -3.19. The molecule has 1 N–H and O–H groups in total. The third-order valence-corrected chi connectivity index (χ3v) is 6.63. The fourth-order valence-corrected chi connectivity index (χ4v) is 5.16. The number of carboxylic acids is 1. The molecular weight excluding hydrogens is 381 g/mol. The van der Waals surface area contributed by atoms with E-state index in [0.717, 1.165) is 14.7 Å². The van der Waals surface area contributed by atoms with Crippen LogP contribution in [0.3, 0.4) is 0 Å². The summed E-state index contributed by atoms with van der Waals surface area (Å²) in [5.41, 5.74) is 0.797. The van der Waals surface area contributed by atoms with E-state index in [1.165, 1.54) is 31.2 Å². The Labute approximate surface area is 160 Å². The number of fused-ring (bicyclic) bond motifs is 2. The van der Waals surface area contributed by atoms with Crippen LogP contribution in [0.1, 0.15) is 11.3 Å². The molecule has 0 amide bonds. The number of rotatable bonds is 4. The quantitative estimate of drug-likeness (QED) is 0.562. The molecule has 0 radical (unpaired) electrons. The van der Waals surface area contributed by atoms with Crippen LogP contribution in [0.4, 0.5) is 4.39 Å². The lowest BCUT2D eigenvalue weighted by molar-refractivity contribution is -0.136. The van der Waals surface area contributed by atoms with Gasteiger partial charge in [-0.15, -0.1) is 0 Å². The van der Waals surface area contributed by atoms with Crippen LogP contribution in [-0.2, 0) is 21.2 Å². The summed E-state index contributed by atoms with van der Waals surface area (Å²) in [6.45, 7) is 1.54. The second-order valence-electron chi connectivity index (χ2n) is 6.57. The summed E-state index contributed by atoms with van der Waals surface area (Å²) in [7, 11) is -4.01. The third kappa shape index (κ3) is 2.84. The first-order valence-corrected chi connectivity index (χ1v) is 9.98. The minimum Gasteiger partial charge on any atom is -0.481 e. The Kier molecular flexibility index (Phi) is 4.19. The highest BCUT2D eigenvalue weighted by Crippen LogP contribution is 2.32. The van der Waals surface area contributed by atoms with Crippen LogP contribution in [-0.4, -0.2) is 23.5 Å². The first kappa shape index (κ1) is 18.2. The lowest BCUT2D eigenvalue weighted by Gasteiger charge is -2.11. The average Bonchev–Trinajstić information content (AvgIpc) is 2.92. The van der Waals surface area contributed by atoms with Crippen LogP contribution < -0.4 is 0 Å². The number of aromatic nitrogens is 1. The second-order valence-corrected chi connectivity index (χ2v) is 8.36. The number of benzene rings is 3. The zero-order chi connectivity index (χ0) is 20.1. The van der Waals surface area contributed by atoms with Gasteiger partial charge in [0, 0.05) is 11.1 Å². The second kappa shape index (κ2) is 6.45. The Balaban J connectivity index is 2.01. The minimum absolute atomic E-state index is 0.0809. The highest BCUT2D eigenvalue weighted by molar-refractivity contribution is 7.90. The van der Waals surface area contributed by atoms with Crippen LogP contribution in [0.2, 0.25) is 0 Å². The maximum absolute atomic E-state index is 13.8. The molecular formula is C21H16FNO4S. The van der Waals surface area contributed by atoms with E-state index >= 15 is 0 Å². The fourth-order valence-electron chi connectivity index (χ4n) is 3.54. The van der Waals surface area contributed by atoms with Crippen molar-refractivity contribution in [3.05, 3.63) is 77.7 Å². The van der Waals surface area contributed by atoms with Gasteiger partial charge in [-0.05, 0) is 53.6 Å². The summed E-state index contributed by atoms with van der Waals surface area (Å²) in [4.78, 5) is 11.4. The first-order valence-electron chi connectivity index (χ1n) is 8.54. The molecule has 0 saturated carbocycles. The number of carboxylic acid groups (broad SMARTS) is 1. The molecule has 0 bridgehead atoms. The van der Waals surface area contributed by atoms with Crippen LogP contribution in [0.25, 0.3) is 21.7 Å². The zero-order valence-electron chi connectivity index (χ0n) is 14.9. The van der Waals surface area contributed by atoms with Crippen molar-refractivity contribution in [3.63, 3.8) is 0 Å². The number of hydrogen-bond donors (Lipinski definition) is 1. The van der Waals surface area contributed by atoms with Crippen LogP contribution in [0, 0.1) is 12.7 Å². The van der Waals surface area contributed by atoms with E-state index in [1.54, 1.807) is 12.1 Å². The lowest BCUT2D eigenvalue weighted by Crippen LogP contribution is -2.15. The van der Waals surface area contributed by atoms with Crippen molar-refractivity contribution < 1.29 is 22.7 Å². The van der Waals surface area contributed by atoms with E-state index in [9.17, 15) is 22.7 Å². The predicted molar refractivity (Wildman–Crippen MR) is 105 cm³/mol. The van der Waals surface area contributed by atoms with Gasteiger partial charge in [-0.25, -0.2) is 16.8 Å². The van der Waals surface area contributed by atoms with Gasteiger partial charge in [0.15, 0.2) is 0 Å². The molecule has 1 heterocycles. The smallest absolute Gasteiger partial charge is 0.307 e. The van der Waals surface area contributed by atoms with Crippen molar-refractivity contribution in [1.82, 2.24) is 3.97 Å². The van der Waals surface area contributed by atoms with Gasteiger partial charge in [-0.3, -0.25) is 4.79 Å². The average molecular weight is 397 g/mol. The SMILES string of the molecule is Cc1c(CC(=O)O)c2cc(F)ccc2n1S(=O)(=O)c1ccc2ccccc2c1. The molecule has 4 rings (SSSR count). The number of nitrogens with zero attached hydrogens (tertiary/aromatic N) is 1. The number of halogens is 1. The maximum Gasteiger partial charge on any atom is 0.307 e. The molecule has 0 unspecified atom stereocenters. The Morgan fingerprint density at radius 2 is 1.75 bits per heavy atom. The molecule has 1 aromatic heterocycles. The summed E-state index contributed by atoms with van der Waals surface area (Å²) in [5, 5.41) is 11.2. The summed E-state index contributed by atoms with van der Waals surface area (Å²) < 4.78 is 41.7. The molecule has 0 aliphatic rings. The monoisotopic (exact) mass is 397 g/mol. The van der Waals surface area contributed by atoms with E-state index in [2.05, 4.69) is 0 Å². The molecule has 7 heteroatoms. The van der Waals surface area contributed by atoms with Gasteiger partial charge in [0.1, 0.15) is 5.82 Å². The largest absolute Gasteiger partial charge is 0.481 e. The number of hydrogen-bond acceptors (Lipinski definition) is 3. The van der Waals surface area contributed by atoms with Crippen molar-refractivity contribution in [2.45, 2.75) is 18.2 Å². The molecule has 4 aromatic rings. The standard InChI is InChI=1S/C21H16FNO4S/c1-13-18(12-21(24)25)19-11-16(22)7-9-20(19)23(13)28(26,27)17-8-6-14-4-2-3-5-15(14)10-17/h2-11H,12H2,1H3,(H,24,25). The highest BCUT2D eigenvalue weighted by atomic mass is 32.2. The van der Waals surface area contributed by atoms with E-state index in [1.807, 2.05) is 24.3 Å². The van der Waals surface area contributed by atoms with Crippen LogP contribution in [0.15, 0.2) is 65.6 Å². The molecule has 0 aliphatic heterocycles. The van der Waals surface area contributed by atoms with Gasteiger partial charge in [0.25, 0.3) is 10.0 Å². The molecule has 0 spiro atoms. The molecule has 5 nitrogen and oxygen atoms in total. The van der Waals surface area contributed by atoms with Crippen molar-refractivity contribution in [1.29, 1.82) is 0 Å². The summed E-state index contributed by atoms with van der Waals surface area (Å²) in [6.07, 6.45) is -0.397. The zero-order valence-corrected chi connectivity index (χ0v) is 15.7. The fraction of sp³-hybridized carbons (Fsp3) is 0.0952. The molecule has 0 saturated heterocycles. The number of aliphatic carboxylic acids is 1. The molecule has 28 heavy (non-hydrogen) atoms. The summed E-state index contributed by atoms with van der Waals surface area (Å²) >= 11 is 0. The van der Waals surface area contributed by atoms with Crippen LogP contribution >= 0.6 is 0 Å². The Bertz CT molecular complexity index is 1360. The third-order valence-electron chi connectivity index (χ3n) is 4.83. The normalized spacial score (nSPS) is 11.9. The molecule has 142 valence electrons. The Morgan fingerprint density at radius 3 is 2.46 bits per heavy atom. The molecule has 0 atom stereocenters. The topological polar surface area (TPSA) is 76.4 Å². The van der Waals surface area contributed by atoms with Gasteiger partial charge in [-0.2, -0.15) is 0 Å². The molecule has 0 aliphatic carbocycles. The highest BCUT2D eigenvalue weighted by Gasteiger charge is 2.26. The van der Waals surface area contributed by atoms with Gasteiger partial charge in [0.05, 0.1) is 16.8 Å². The van der Waals surface area contributed by atoms with E-state index in [-0.39, 0.29) is 27.1 Å². The van der Waals surface area contributed by atoms with Gasteiger partial charge >= 0.3 is 5.97 Å². The number of carbonyl (C=O) groups is 1. The van der Waals surface area contributed by atoms with Gasteiger partial charge in [-0.1, -0.05) is 30.3 Å². The maximum atomic E-state index is 13.8. The minimum atomic E-state index is -4.01. The first-order chi connectivity index (χ1) is 13.3. The van der Waals surface area contributed by atoms with Crippen molar-refractivity contribution in [2.75, 3.05) is 0 Å². The van der Waals surface area contributed by atoms with Crippen molar-refractivity contribution in [3.8, 4) is 0 Å². The molecule has 3 aromatic carbocycles. The van der Waals surface area contributed by atoms with Gasteiger partial charge in [0.2, 0.25) is 0 Å². The van der Waals surface area contributed by atoms with Crippen LogP contribution in [0.5, 0.6) is 0 Å². The predicted octanol–water partition coefficient (Wildman–Crippen LogP) is 4.11. The summed E-state index contributed by atoms with van der Waals surface area (Å²) in [5.74, 6) is -1.67. The lowest BCUT2D eigenvalue weighted by atomic mass is 10.1. The van der Waals surface area contributed by atoms with E-state index < -0.39 is 28.2 Å². The van der Waals surface area contributed by atoms with Crippen molar-refractivity contribution >= 4 is 37.7 Å². The van der Waals surface area contributed by atoms with E-state index in [4.69, 9.17) is 0 Å². The van der Waals surface area contributed by atoms with Crippen molar-refractivity contribution in [2.24, 2.45) is 0 Å². The Morgan fingerprint density at radius 1 is 1.04 bits per heavy atom. The van der Waals surface area contributed by atoms with Gasteiger partial charge < -0.3 is 5.11 Å². The van der Waals surface area contributed by atoms with E-state index in [0.29, 0.717) is 0 Å². The molecule has 0 fully saturated rings. The summed E-state index contributed by atoms with van der Waals surface area (Å²) in [6, 6.07) is 15.9.